The number of fused-ring (bicyclic) bond motifs is 9. The molecule has 12 rings (SSSR count). The molecule has 4 saturated carbocycles. The van der Waals surface area contributed by atoms with Crippen molar-refractivity contribution in [2.45, 2.75) is 109 Å². The third-order valence-electron chi connectivity index (χ3n) is 17.4. The van der Waals surface area contributed by atoms with Gasteiger partial charge in [-0.2, -0.15) is 0 Å². The minimum Gasteiger partial charge on any atom is -0.310 e. The van der Waals surface area contributed by atoms with Crippen molar-refractivity contribution >= 4 is 17.1 Å². The van der Waals surface area contributed by atoms with Crippen LogP contribution in [-0.2, 0) is 21.7 Å². The molecule has 6 atom stereocenters. The second-order valence-electron chi connectivity index (χ2n) is 22.1. The van der Waals surface area contributed by atoms with Gasteiger partial charge in [-0.3, -0.25) is 0 Å². The van der Waals surface area contributed by atoms with E-state index in [4.69, 9.17) is 0 Å². The average Bonchev–Trinajstić information content (AvgIpc) is 3.87. The van der Waals surface area contributed by atoms with E-state index < -0.39 is 0 Å². The van der Waals surface area contributed by atoms with Gasteiger partial charge in [0.1, 0.15) is 0 Å². The molecule has 6 aliphatic carbocycles. The third kappa shape index (κ3) is 4.74. The average molecular weight is 770 g/mol. The molecule has 0 radical (unpaired) electrons. The number of rotatable bonds is 5. The molecular weight excluding hydrogens is 711 g/mol. The summed E-state index contributed by atoms with van der Waals surface area (Å²) in [7, 11) is 0. The number of benzene rings is 6. The maximum Gasteiger partial charge on any atom is 0.0543 e. The van der Waals surface area contributed by atoms with Gasteiger partial charge in [-0.15, -0.1) is 0 Å². The Bertz CT molecular complexity index is 2670. The molecule has 6 aromatic rings. The Labute approximate surface area is 352 Å². The van der Waals surface area contributed by atoms with Gasteiger partial charge >= 0.3 is 0 Å². The highest BCUT2D eigenvalue weighted by Gasteiger charge is 2.84. The van der Waals surface area contributed by atoms with Gasteiger partial charge in [0.25, 0.3) is 0 Å². The monoisotopic (exact) mass is 769 g/mol. The topological polar surface area (TPSA) is 3.24 Å². The highest BCUT2D eigenvalue weighted by atomic mass is 15.1. The van der Waals surface area contributed by atoms with Crippen molar-refractivity contribution in [1.82, 2.24) is 0 Å². The Morgan fingerprint density at radius 3 is 1.88 bits per heavy atom. The van der Waals surface area contributed by atoms with E-state index in [0.29, 0.717) is 5.41 Å². The second-order valence-corrected chi connectivity index (χ2v) is 22.1. The van der Waals surface area contributed by atoms with Crippen molar-refractivity contribution in [3.63, 3.8) is 0 Å². The molecule has 0 amide bonds. The van der Waals surface area contributed by atoms with Crippen molar-refractivity contribution in [2.24, 2.45) is 29.1 Å². The summed E-state index contributed by atoms with van der Waals surface area (Å²) in [4.78, 5) is 2.65. The summed E-state index contributed by atoms with van der Waals surface area (Å²) in [6.45, 7) is 16.8. The van der Waals surface area contributed by atoms with E-state index in [1.807, 2.05) is 0 Å². The summed E-state index contributed by atoms with van der Waals surface area (Å²) in [5.74, 6) is 3.40. The molecule has 4 fully saturated rings. The number of nitrogens with zero attached hydrogens (tertiary/aromatic N) is 1. The highest BCUT2D eigenvalue weighted by Crippen LogP contribution is 2.89. The Morgan fingerprint density at radius 2 is 1.15 bits per heavy atom. The van der Waals surface area contributed by atoms with Crippen LogP contribution in [0.5, 0.6) is 0 Å². The fourth-order valence-electron chi connectivity index (χ4n) is 14.5. The van der Waals surface area contributed by atoms with E-state index in [1.165, 1.54) is 106 Å². The molecule has 2 spiro atoms. The van der Waals surface area contributed by atoms with Crippen molar-refractivity contribution in [2.75, 3.05) is 4.90 Å². The van der Waals surface area contributed by atoms with Crippen LogP contribution in [0.25, 0.3) is 33.4 Å². The molecule has 0 aromatic heterocycles. The molecular formula is C58H59N. The smallest absolute Gasteiger partial charge is 0.0543 e. The number of hydrogen-bond acceptors (Lipinski definition) is 1. The molecule has 0 heterocycles. The first kappa shape index (κ1) is 36.0. The van der Waals surface area contributed by atoms with Gasteiger partial charge in [0, 0.05) is 22.4 Å². The standard InChI is InChI=1S/C58H59N/c1-54(2,3)40-21-17-39(18-22-40)45-33-46-44-15-11-12-16-47(44)58(52-30-36-29-41-31-53(58)57(41,52)35-36)49(46)34-51(45)59(42-23-19-38(20-24-42)37-13-9-8-10-14-37)43-25-26-48-50(32-43)56(6,7)28-27-55(48,4)5/h8-26,32-34,36,41,52-53H,27-31,35H2,1-7H3. The Kier molecular flexibility index (Phi) is 7.26. The lowest BCUT2D eigenvalue weighted by Crippen LogP contribution is -2.73. The molecule has 6 aromatic carbocycles. The first-order valence-electron chi connectivity index (χ1n) is 22.8. The van der Waals surface area contributed by atoms with Crippen LogP contribution in [-0.4, -0.2) is 0 Å². The van der Waals surface area contributed by atoms with Crippen LogP contribution in [0.2, 0.25) is 0 Å². The lowest BCUT2D eigenvalue weighted by Gasteiger charge is -2.76. The molecule has 296 valence electrons. The molecule has 6 unspecified atom stereocenters. The quantitative estimate of drug-likeness (QED) is 0.169. The lowest BCUT2D eigenvalue weighted by molar-refractivity contribution is -0.231. The highest BCUT2D eigenvalue weighted by molar-refractivity contribution is 5.96. The predicted octanol–water partition coefficient (Wildman–Crippen LogP) is 15.5. The Balaban J connectivity index is 1.12. The zero-order chi connectivity index (χ0) is 40.3. The summed E-state index contributed by atoms with van der Waals surface area (Å²) < 4.78 is 0. The van der Waals surface area contributed by atoms with Crippen molar-refractivity contribution in [1.29, 1.82) is 0 Å². The molecule has 1 nitrogen and oxygen atoms in total. The van der Waals surface area contributed by atoms with E-state index in [-0.39, 0.29) is 21.7 Å². The molecule has 2 bridgehead atoms. The summed E-state index contributed by atoms with van der Waals surface area (Å²) in [5.41, 5.74) is 20.5. The van der Waals surface area contributed by atoms with Crippen LogP contribution < -0.4 is 4.90 Å². The van der Waals surface area contributed by atoms with Crippen molar-refractivity contribution in [3.05, 3.63) is 161 Å². The normalized spacial score (nSPS) is 28.3. The fourth-order valence-corrected chi connectivity index (χ4v) is 14.5. The van der Waals surface area contributed by atoms with Gasteiger partial charge < -0.3 is 4.90 Å². The van der Waals surface area contributed by atoms with E-state index >= 15 is 0 Å². The number of hydrogen-bond donors (Lipinski definition) is 0. The minimum atomic E-state index is 0.0857. The van der Waals surface area contributed by atoms with Crippen molar-refractivity contribution < 1.29 is 0 Å². The zero-order valence-corrected chi connectivity index (χ0v) is 36.2. The van der Waals surface area contributed by atoms with Gasteiger partial charge in [0.2, 0.25) is 0 Å². The van der Waals surface area contributed by atoms with Crippen LogP contribution in [0.1, 0.15) is 115 Å². The molecule has 1 heteroatoms. The fraction of sp³-hybridized carbons (Fsp3) is 0.379. The molecule has 6 aliphatic rings. The van der Waals surface area contributed by atoms with Gasteiger partial charge in [0.05, 0.1) is 5.69 Å². The van der Waals surface area contributed by atoms with E-state index in [2.05, 4.69) is 187 Å². The van der Waals surface area contributed by atoms with E-state index in [0.717, 1.165) is 23.7 Å². The molecule has 0 aliphatic heterocycles. The lowest BCUT2D eigenvalue weighted by atomic mass is 9.27. The minimum absolute atomic E-state index is 0.0857. The Morgan fingerprint density at radius 1 is 0.508 bits per heavy atom. The molecule has 0 saturated heterocycles. The second kappa shape index (κ2) is 11.9. The summed E-state index contributed by atoms with van der Waals surface area (Å²) in [5, 5.41) is 0. The first-order chi connectivity index (χ1) is 28.3. The zero-order valence-electron chi connectivity index (χ0n) is 36.2. The van der Waals surface area contributed by atoms with E-state index in [1.54, 1.807) is 11.1 Å². The maximum atomic E-state index is 2.73. The Hall–Kier alpha value is -4.88. The summed E-state index contributed by atoms with van der Waals surface area (Å²) in [6.07, 6.45) is 8.20. The molecule has 0 N–H and O–H groups in total. The largest absolute Gasteiger partial charge is 0.310 e. The number of anilines is 3. The predicted molar refractivity (Wildman–Crippen MR) is 247 cm³/mol. The van der Waals surface area contributed by atoms with Crippen LogP contribution in [0.15, 0.2) is 133 Å². The van der Waals surface area contributed by atoms with Crippen LogP contribution in [0, 0.1) is 29.1 Å². The van der Waals surface area contributed by atoms with Crippen molar-refractivity contribution in [3.8, 4) is 33.4 Å². The van der Waals surface area contributed by atoms with Crippen LogP contribution >= 0.6 is 0 Å². The molecule has 59 heavy (non-hydrogen) atoms. The summed E-state index contributed by atoms with van der Waals surface area (Å²) >= 11 is 0. The van der Waals surface area contributed by atoms with E-state index in [9.17, 15) is 0 Å². The maximum absolute atomic E-state index is 2.73. The van der Waals surface area contributed by atoms with Crippen LogP contribution in [0.4, 0.5) is 17.1 Å². The first-order valence-corrected chi connectivity index (χ1v) is 22.8. The third-order valence-corrected chi connectivity index (χ3v) is 17.4. The van der Waals surface area contributed by atoms with Gasteiger partial charge in [0.15, 0.2) is 0 Å². The summed E-state index contributed by atoms with van der Waals surface area (Å²) in [6, 6.07) is 52.4. The SMILES string of the molecule is CC(C)(C)c1ccc(-c2cc3c(cc2N(c2ccc(-c4ccccc4)cc2)c2ccc4c(c2)C(C)(C)CCC4(C)C)C2(c4ccccc4-3)C3CC4CC5CC2C53C4)cc1. The van der Waals surface area contributed by atoms with Crippen LogP contribution in [0.3, 0.4) is 0 Å². The van der Waals surface area contributed by atoms with Gasteiger partial charge in [-0.1, -0.05) is 146 Å². The van der Waals surface area contributed by atoms with Gasteiger partial charge in [-0.25, -0.2) is 0 Å². The van der Waals surface area contributed by atoms with Gasteiger partial charge in [-0.05, 0) is 176 Å².